The standard InChI is InChI=1S/C9H7BrClN3O/c10-8-12-9(14-13-8)15-5-6-3-1-2-4-7(6)11/h1-4H,5H2,(H,12,13,14). The molecule has 0 spiro atoms. The molecule has 0 amide bonds. The minimum absolute atomic E-state index is 0.293. The van der Waals surface area contributed by atoms with Gasteiger partial charge < -0.3 is 4.74 Å². The van der Waals surface area contributed by atoms with Gasteiger partial charge in [-0.3, -0.25) is 5.10 Å². The normalized spacial score (nSPS) is 10.3. The molecule has 2 rings (SSSR count). The number of H-pyrrole nitrogens is 1. The first kappa shape index (κ1) is 10.4. The average Bonchev–Trinajstić information content (AvgIpc) is 2.63. The first-order valence-electron chi connectivity index (χ1n) is 4.20. The Bertz CT molecular complexity index is 460. The molecule has 2 aromatic rings. The molecular formula is C9H7BrClN3O. The van der Waals surface area contributed by atoms with Gasteiger partial charge in [-0.25, -0.2) is 0 Å². The number of nitrogens with one attached hydrogen (secondary N) is 1. The maximum atomic E-state index is 5.96. The lowest BCUT2D eigenvalue weighted by atomic mass is 10.2. The molecule has 0 atom stereocenters. The van der Waals surface area contributed by atoms with E-state index in [0.29, 0.717) is 22.4 Å². The first-order valence-corrected chi connectivity index (χ1v) is 5.37. The third-order valence-electron chi connectivity index (χ3n) is 1.75. The third kappa shape index (κ3) is 2.70. The van der Waals surface area contributed by atoms with Crippen LogP contribution in [-0.2, 0) is 6.61 Å². The fourth-order valence-corrected chi connectivity index (χ4v) is 1.48. The zero-order valence-electron chi connectivity index (χ0n) is 7.58. The Morgan fingerprint density at radius 3 is 2.87 bits per heavy atom. The van der Waals surface area contributed by atoms with E-state index in [9.17, 15) is 0 Å². The highest BCUT2D eigenvalue weighted by molar-refractivity contribution is 9.10. The average molecular weight is 289 g/mol. The monoisotopic (exact) mass is 287 g/mol. The summed E-state index contributed by atoms with van der Waals surface area (Å²) in [6, 6.07) is 7.77. The van der Waals surface area contributed by atoms with Crippen LogP contribution in [0.25, 0.3) is 0 Å². The Morgan fingerprint density at radius 2 is 2.20 bits per heavy atom. The van der Waals surface area contributed by atoms with Crippen molar-refractivity contribution >= 4 is 27.5 Å². The van der Waals surface area contributed by atoms with E-state index in [1.54, 1.807) is 0 Å². The van der Waals surface area contributed by atoms with Crippen molar-refractivity contribution in [2.45, 2.75) is 6.61 Å². The molecule has 0 saturated carbocycles. The smallest absolute Gasteiger partial charge is 0.336 e. The maximum absolute atomic E-state index is 5.96. The van der Waals surface area contributed by atoms with Gasteiger partial charge >= 0.3 is 6.01 Å². The van der Waals surface area contributed by atoms with Gasteiger partial charge in [-0.05, 0) is 22.0 Å². The molecule has 1 N–H and O–H groups in total. The first-order chi connectivity index (χ1) is 7.25. The summed E-state index contributed by atoms with van der Waals surface area (Å²) in [5, 5.41) is 7.10. The molecular weight excluding hydrogens is 281 g/mol. The van der Waals surface area contributed by atoms with Crippen molar-refractivity contribution in [1.29, 1.82) is 0 Å². The molecule has 0 saturated heterocycles. The molecule has 0 radical (unpaired) electrons. The predicted octanol–water partition coefficient (Wildman–Crippen LogP) is 2.80. The Kier molecular flexibility index (Phi) is 3.23. The third-order valence-corrected chi connectivity index (χ3v) is 2.48. The minimum atomic E-state index is 0.293. The summed E-state index contributed by atoms with van der Waals surface area (Å²) in [6.45, 7) is 0.351. The van der Waals surface area contributed by atoms with Gasteiger partial charge in [0.15, 0.2) is 4.73 Å². The Morgan fingerprint density at radius 1 is 1.40 bits per heavy atom. The number of aromatic nitrogens is 3. The molecule has 0 aliphatic heterocycles. The van der Waals surface area contributed by atoms with Crippen LogP contribution in [0.2, 0.25) is 5.02 Å². The molecule has 1 aromatic heterocycles. The van der Waals surface area contributed by atoms with Gasteiger partial charge in [0, 0.05) is 10.6 Å². The van der Waals surface area contributed by atoms with Crippen molar-refractivity contribution in [3.63, 3.8) is 0 Å². The summed E-state index contributed by atoms with van der Waals surface area (Å²) in [6.07, 6.45) is 0. The van der Waals surface area contributed by atoms with Gasteiger partial charge in [0.2, 0.25) is 0 Å². The molecule has 0 aliphatic carbocycles. The van der Waals surface area contributed by atoms with Crippen LogP contribution in [0.1, 0.15) is 5.56 Å². The second kappa shape index (κ2) is 4.63. The number of nitrogens with zero attached hydrogens (tertiary/aromatic N) is 2. The Hall–Kier alpha value is -1.07. The number of ether oxygens (including phenoxy) is 1. The molecule has 15 heavy (non-hydrogen) atoms. The van der Waals surface area contributed by atoms with E-state index in [2.05, 4.69) is 31.1 Å². The second-order valence-electron chi connectivity index (χ2n) is 2.79. The van der Waals surface area contributed by atoms with Crippen LogP contribution in [0.15, 0.2) is 29.0 Å². The Balaban J connectivity index is 2.02. The second-order valence-corrected chi connectivity index (χ2v) is 3.95. The van der Waals surface area contributed by atoms with E-state index < -0.39 is 0 Å². The van der Waals surface area contributed by atoms with Crippen molar-refractivity contribution in [3.05, 3.63) is 39.6 Å². The van der Waals surface area contributed by atoms with Gasteiger partial charge in [0.25, 0.3) is 0 Å². The quantitative estimate of drug-likeness (QED) is 0.945. The number of benzene rings is 1. The highest BCUT2D eigenvalue weighted by Gasteiger charge is 2.03. The number of halogens is 2. The van der Waals surface area contributed by atoms with E-state index >= 15 is 0 Å². The van der Waals surface area contributed by atoms with Crippen LogP contribution < -0.4 is 4.74 Å². The highest BCUT2D eigenvalue weighted by Crippen LogP contribution is 2.16. The summed E-state index contributed by atoms with van der Waals surface area (Å²) in [5.41, 5.74) is 0.903. The lowest BCUT2D eigenvalue weighted by Crippen LogP contribution is -1.97. The van der Waals surface area contributed by atoms with Crippen molar-refractivity contribution in [1.82, 2.24) is 15.2 Å². The molecule has 0 unspecified atom stereocenters. The molecule has 1 heterocycles. The van der Waals surface area contributed by atoms with Crippen molar-refractivity contribution < 1.29 is 4.74 Å². The zero-order valence-corrected chi connectivity index (χ0v) is 9.92. The summed E-state index contributed by atoms with van der Waals surface area (Å²) in [4.78, 5) is 3.94. The summed E-state index contributed by atoms with van der Waals surface area (Å²) in [7, 11) is 0. The fraction of sp³-hybridized carbons (Fsp3) is 0.111. The topological polar surface area (TPSA) is 50.8 Å². The maximum Gasteiger partial charge on any atom is 0.336 e. The molecule has 4 nitrogen and oxygen atoms in total. The van der Waals surface area contributed by atoms with E-state index in [-0.39, 0.29) is 0 Å². The number of hydrogen-bond acceptors (Lipinski definition) is 3. The van der Waals surface area contributed by atoms with Crippen LogP contribution in [0.5, 0.6) is 6.01 Å². The van der Waals surface area contributed by atoms with Crippen LogP contribution in [-0.4, -0.2) is 15.2 Å². The fourth-order valence-electron chi connectivity index (χ4n) is 1.05. The molecule has 78 valence electrons. The lowest BCUT2D eigenvalue weighted by molar-refractivity contribution is 0.282. The minimum Gasteiger partial charge on any atom is -0.457 e. The number of aromatic amines is 1. The predicted molar refractivity (Wildman–Crippen MR) is 59.9 cm³/mol. The molecule has 1 aromatic carbocycles. The van der Waals surface area contributed by atoms with Crippen LogP contribution >= 0.6 is 27.5 Å². The van der Waals surface area contributed by atoms with Crippen molar-refractivity contribution in [2.75, 3.05) is 0 Å². The van der Waals surface area contributed by atoms with E-state index in [0.717, 1.165) is 5.56 Å². The summed E-state index contributed by atoms with van der Waals surface area (Å²) >= 11 is 9.10. The SMILES string of the molecule is Clc1ccccc1COc1n[nH]c(Br)n1. The summed E-state index contributed by atoms with van der Waals surface area (Å²) in [5.74, 6) is 0. The van der Waals surface area contributed by atoms with Gasteiger partial charge in [0.1, 0.15) is 6.61 Å². The van der Waals surface area contributed by atoms with E-state index in [1.807, 2.05) is 24.3 Å². The van der Waals surface area contributed by atoms with E-state index in [1.165, 1.54) is 0 Å². The van der Waals surface area contributed by atoms with Crippen molar-refractivity contribution in [2.24, 2.45) is 0 Å². The molecule has 6 heteroatoms. The molecule has 0 bridgehead atoms. The van der Waals surface area contributed by atoms with Gasteiger partial charge in [-0.15, -0.1) is 5.10 Å². The van der Waals surface area contributed by atoms with Gasteiger partial charge in [-0.1, -0.05) is 29.8 Å². The molecule has 0 aliphatic rings. The number of hydrogen-bond donors (Lipinski definition) is 1. The number of rotatable bonds is 3. The zero-order chi connectivity index (χ0) is 10.7. The largest absolute Gasteiger partial charge is 0.457 e. The van der Waals surface area contributed by atoms with Crippen LogP contribution in [0.4, 0.5) is 0 Å². The van der Waals surface area contributed by atoms with Gasteiger partial charge in [0.05, 0.1) is 0 Å². The highest BCUT2D eigenvalue weighted by atomic mass is 79.9. The molecule has 0 fully saturated rings. The van der Waals surface area contributed by atoms with Crippen molar-refractivity contribution in [3.8, 4) is 6.01 Å². The Labute approximate surface area is 99.8 Å². The summed E-state index contributed by atoms with van der Waals surface area (Å²) < 4.78 is 5.86. The van der Waals surface area contributed by atoms with E-state index in [4.69, 9.17) is 16.3 Å². The van der Waals surface area contributed by atoms with Crippen LogP contribution in [0.3, 0.4) is 0 Å². The lowest BCUT2D eigenvalue weighted by Gasteiger charge is -2.03. The van der Waals surface area contributed by atoms with Gasteiger partial charge in [-0.2, -0.15) is 4.98 Å². The van der Waals surface area contributed by atoms with Crippen LogP contribution in [0, 0.1) is 0 Å².